The number of hydrogen-bond donors (Lipinski definition) is 1. The molecule has 1 atom stereocenters. The topological polar surface area (TPSA) is 35.6 Å². The van der Waals surface area contributed by atoms with E-state index in [1.807, 2.05) is 0 Å². The molecule has 0 aromatic heterocycles. The lowest BCUT2D eigenvalue weighted by Crippen LogP contribution is -2.50. The zero-order chi connectivity index (χ0) is 11.0. The van der Waals surface area contributed by atoms with Crippen LogP contribution in [-0.2, 0) is 4.79 Å². The van der Waals surface area contributed by atoms with Gasteiger partial charge in [-0.15, -0.1) is 0 Å². The summed E-state index contributed by atoms with van der Waals surface area (Å²) in [4.78, 5) is 11.9. The Morgan fingerprint density at radius 2 is 2.19 bits per heavy atom. The van der Waals surface area contributed by atoms with Crippen LogP contribution < -0.4 is 5.32 Å². The maximum absolute atomic E-state index is 11.9. The van der Waals surface area contributed by atoms with Crippen molar-refractivity contribution in [1.82, 2.24) is 15.3 Å². The first-order valence-electron chi connectivity index (χ1n) is 6.62. The first-order valence-corrected chi connectivity index (χ1v) is 6.62. The molecule has 90 valence electrons. The van der Waals surface area contributed by atoms with E-state index in [4.69, 9.17) is 0 Å². The number of nitrogens with one attached hydrogen (secondary N) is 1. The molecule has 2 saturated heterocycles. The van der Waals surface area contributed by atoms with Gasteiger partial charge in [-0.2, -0.15) is 0 Å². The average Bonchev–Trinajstić information content (AvgIpc) is 2.79. The maximum Gasteiger partial charge on any atom is 0.238 e. The molecule has 0 spiro atoms. The van der Waals surface area contributed by atoms with Gasteiger partial charge in [-0.1, -0.05) is 0 Å². The van der Waals surface area contributed by atoms with Crippen molar-refractivity contribution >= 4 is 5.91 Å². The smallest absolute Gasteiger partial charge is 0.238 e. The highest BCUT2D eigenvalue weighted by Crippen LogP contribution is 2.30. The molecule has 1 N–H and O–H groups in total. The Morgan fingerprint density at radius 1 is 1.31 bits per heavy atom. The van der Waals surface area contributed by atoms with E-state index in [2.05, 4.69) is 15.3 Å². The molecule has 0 aromatic carbocycles. The summed E-state index contributed by atoms with van der Waals surface area (Å²) in [7, 11) is 0. The van der Waals surface area contributed by atoms with Gasteiger partial charge >= 0.3 is 0 Å². The Bertz CT molecular complexity index is 271. The largest absolute Gasteiger partial charge is 0.316 e. The van der Waals surface area contributed by atoms with Gasteiger partial charge in [-0.25, -0.2) is 5.01 Å². The fourth-order valence-electron chi connectivity index (χ4n) is 3.02. The van der Waals surface area contributed by atoms with Crippen molar-refractivity contribution in [3.05, 3.63) is 0 Å². The summed E-state index contributed by atoms with van der Waals surface area (Å²) in [6.07, 6.45) is 5.73. The van der Waals surface area contributed by atoms with E-state index < -0.39 is 0 Å². The molecule has 0 aromatic rings. The Morgan fingerprint density at radius 3 is 2.81 bits per heavy atom. The van der Waals surface area contributed by atoms with E-state index in [1.165, 1.54) is 25.7 Å². The van der Waals surface area contributed by atoms with E-state index >= 15 is 0 Å². The van der Waals surface area contributed by atoms with Gasteiger partial charge in [0, 0.05) is 25.6 Å². The van der Waals surface area contributed by atoms with Gasteiger partial charge in [0.15, 0.2) is 0 Å². The van der Waals surface area contributed by atoms with Crippen LogP contribution in [0.15, 0.2) is 0 Å². The van der Waals surface area contributed by atoms with Crippen molar-refractivity contribution in [3.8, 4) is 0 Å². The van der Waals surface area contributed by atoms with E-state index in [0.29, 0.717) is 11.9 Å². The monoisotopic (exact) mass is 223 g/mol. The lowest BCUT2D eigenvalue weighted by molar-refractivity contribution is -0.147. The number of nitrogens with zero attached hydrogens (tertiary/aromatic N) is 2. The average molecular weight is 223 g/mol. The van der Waals surface area contributed by atoms with Gasteiger partial charge < -0.3 is 5.32 Å². The van der Waals surface area contributed by atoms with Crippen LogP contribution >= 0.6 is 0 Å². The third-order valence-corrected chi connectivity index (χ3v) is 4.20. The lowest BCUT2D eigenvalue weighted by atomic mass is 9.92. The Balaban J connectivity index is 1.61. The summed E-state index contributed by atoms with van der Waals surface area (Å²) in [5, 5.41) is 7.81. The van der Waals surface area contributed by atoms with Crippen molar-refractivity contribution in [2.75, 3.05) is 26.2 Å². The predicted octanol–water partition coefficient (Wildman–Crippen LogP) is 0.598. The van der Waals surface area contributed by atoms with Crippen LogP contribution in [0.5, 0.6) is 0 Å². The fourth-order valence-corrected chi connectivity index (χ4v) is 3.02. The van der Waals surface area contributed by atoms with Crippen molar-refractivity contribution in [3.63, 3.8) is 0 Å². The highest BCUT2D eigenvalue weighted by molar-refractivity contribution is 5.78. The third kappa shape index (κ3) is 1.84. The van der Waals surface area contributed by atoms with Crippen molar-refractivity contribution < 1.29 is 4.79 Å². The number of amides is 1. The van der Waals surface area contributed by atoms with E-state index in [9.17, 15) is 4.79 Å². The van der Waals surface area contributed by atoms with Crippen molar-refractivity contribution in [2.24, 2.45) is 5.92 Å². The standard InChI is InChI=1S/C12H21N3O/c16-12-5-7-14(9-10-4-6-13-8-10)15(12)11-2-1-3-11/h10-11,13H,1-9H2. The molecule has 1 amide bonds. The summed E-state index contributed by atoms with van der Waals surface area (Å²) < 4.78 is 0. The summed E-state index contributed by atoms with van der Waals surface area (Å²) >= 11 is 0. The summed E-state index contributed by atoms with van der Waals surface area (Å²) in [5.41, 5.74) is 0. The van der Waals surface area contributed by atoms with Crippen LogP contribution in [0.3, 0.4) is 0 Å². The molecule has 0 radical (unpaired) electrons. The molecule has 1 aliphatic carbocycles. The second kappa shape index (κ2) is 4.34. The van der Waals surface area contributed by atoms with Crippen molar-refractivity contribution in [1.29, 1.82) is 0 Å². The Kier molecular flexibility index (Phi) is 2.86. The normalized spacial score (nSPS) is 32.4. The minimum Gasteiger partial charge on any atom is -0.316 e. The number of carbonyl (C=O) groups excluding carboxylic acids is 1. The molecular weight excluding hydrogens is 202 g/mol. The van der Waals surface area contributed by atoms with Gasteiger partial charge in [0.05, 0.1) is 0 Å². The molecule has 2 heterocycles. The zero-order valence-corrected chi connectivity index (χ0v) is 9.82. The Labute approximate surface area is 96.9 Å². The van der Waals surface area contributed by atoms with Gasteiger partial charge in [0.2, 0.25) is 5.91 Å². The second-order valence-corrected chi connectivity index (χ2v) is 5.34. The van der Waals surface area contributed by atoms with Gasteiger partial charge in [-0.3, -0.25) is 9.80 Å². The van der Waals surface area contributed by atoms with Crippen LogP contribution in [0, 0.1) is 5.92 Å². The molecule has 3 aliphatic rings. The quantitative estimate of drug-likeness (QED) is 0.761. The van der Waals surface area contributed by atoms with Crippen LogP contribution in [0.1, 0.15) is 32.1 Å². The first-order chi connectivity index (χ1) is 7.84. The van der Waals surface area contributed by atoms with Crippen LogP contribution in [0.4, 0.5) is 0 Å². The minimum atomic E-state index is 0.357. The predicted molar refractivity (Wildman–Crippen MR) is 61.7 cm³/mol. The maximum atomic E-state index is 11.9. The molecule has 3 rings (SSSR count). The Hall–Kier alpha value is -0.610. The first kappa shape index (κ1) is 10.5. The summed E-state index contributed by atoms with van der Waals surface area (Å²) in [5.74, 6) is 1.10. The van der Waals surface area contributed by atoms with Gasteiger partial charge in [0.1, 0.15) is 0 Å². The molecule has 0 bridgehead atoms. The molecule has 4 nitrogen and oxygen atoms in total. The van der Waals surface area contributed by atoms with E-state index in [-0.39, 0.29) is 0 Å². The van der Waals surface area contributed by atoms with E-state index in [0.717, 1.165) is 38.5 Å². The zero-order valence-electron chi connectivity index (χ0n) is 9.82. The fraction of sp³-hybridized carbons (Fsp3) is 0.917. The van der Waals surface area contributed by atoms with Crippen LogP contribution in [0.25, 0.3) is 0 Å². The highest BCUT2D eigenvalue weighted by Gasteiger charge is 2.38. The molecule has 1 saturated carbocycles. The number of hydrazine groups is 1. The lowest BCUT2D eigenvalue weighted by Gasteiger charge is -2.40. The summed E-state index contributed by atoms with van der Waals surface area (Å²) in [6, 6.07) is 0.532. The molecule has 16 heavy (non-hydrogen) atoms. The van der Waals surface area contributed by atoms with E-state index in [1.54, 1.807) is 0 Å². The molecule has 3 fully saturated rings. The molecule has 2 aliphatic heterocycles. The highest BCUT2D eigenvalue weighted by atomic mass is 16.2. The second-order valence-electron chi connectivity index (χ2n) is 5.34. The summed E-state index contributed by atoms with van der Waals surface area (Å²) in [6.45, 7) is 4.31. The molecule has 1 unspecified atom stereocenters. The van der Waals surface area contributed by atoms with Gasteiger partial charge in [-0.05, 0) is 44.7 Å². The third-order valence-electron chi connectivity index (χ3n) is 4.20. The van der Waals surface area contributed by atoms with Crippen LogP contribution in [0.2, 0.25) is 0 Å². The minimum absolute atomic E-state index is 0.357. The molecular formula is C12H21N3O. The van der Waals surface area contributed by atoms with Crippen molar-refractivity contribution in [2.45, 2.75) is 38.1 Å². The number of hydrogen-bond acceptors (Lipinski definition) is 3. The number of rotatable bonds is 3. The number of carbonyl (C=O) groups is 1. The molecule has 4 heteroatoms. The SMILES string of the molecule is O=C1CCN(CC2CCNC2)N1C1CCC1. The van der Waals surface area contributed by atoms with Gasteiger partial charge in [0.25, 0.3) is 0 Å². The van der Waals surface area contributed by atoms with Crippen LogP contribution in [-0.4, -0.2) is 48.1 Å².